The van der Waals surface area contributed by atoms with Crippen molar-refractivity contribution in [2.24, 2.45) is 5.41 Å². The molecule has 0 radical (unpaired) electrons. The molecule has 3 aromatic heterocycles. The van der Waals surface area contributed by atoms with Gasteiger partial charge in [0.05, 0.1) is 12.2 Å². The molecule has 0 spiro atoms. The topological polar surface area (TPSA) is 119 Å². The van der Waals surface area contributed by atoms with Crippen LogP contribution in [0.4, 0.5) is 5.82 Å². The minimum absolute atomic E-state index is 0.0327. The van der Waals surface area contributed by atoms with Gasteiger partial charge in [0.1, 0.15) is 17.1 Å². The predicted octanol–water partition coefficient (Wildman–Crippen LogP) is 6.48. The Hall–Kier alpha value is -4.20. The van der Waals surface area contributed by atoms with Gasteiger partial charge in [0.25, 0.3) is 0 Å². The molecule has 0 aliphatic heterocycles. The van der Waals surface area contributed by atoms with Crippen molar-refractivity contribution < 1.29 is 5.11 Å². The van der Waals surface area contributed by atoms with Gasteiger partial charge < -0.3 is 10.8 Å². The molecule has 0 saturated heterocycles. The van der Waals surface area contributed by atoms with E-state index in [2.05, 4.69) is 56.8 Å². The number of phenols is 1. The minimum Gasteiger partial charge on any atom is -0.508 e. The number of anilines is 1. The van der Waals surface area contributed by atoms with E-state index in [1.54, 1.807) is 17.7 Å². The van der Waals surface area contributed by atoms with Gasteiger partial charge in [-0.05, 0) is 103 Å². The number of nitrogen functional groups attached to an aromatic ring is 1. The van der Waals surface area contributed by atoms with Gasteiger partial charge in [-0.25, -0.2) is 4.98 Å². The average Bonchev–Trinajstić information content (AvgIpc) is 3.66. The molecule has 2 bridgehead atoms. The lowest BCUT2D eigenvalue weighted by Gasteiger charge is -2.54. The molecule has 1 unspecified atom stereocenters. The number of rotatable bonds is 9. The molecule has 3 heterocycles. The van der Waals surface area contributed by atoms with Gasteiger partial charge in [-0.1, -0.05) is 48.9 Å². The van der Waals surface area contributed by atoms with E-state index < -0.39 is 0 Å². The first kappa shape index (κ1) is 25.7. The van der Waals surface area contributed by atoms with E-state index in [0.717, 1.165) is 35.2 Å². The summed E-state index contributed by atoms with van der Waals surface area (Å²) in [5, 5.41) is 26.3. The number of phenolic OH excluding ortho intramolecular Hbond substituents is 1. The number of hydrogen-bond donors (Lipinski definition) is 3. The summed E-state index contributed by atoms with van der Waals surface area (Å²) in [5.41, 5.74) is 12.9. The second kappa shape index (κ2) is 10.3. The Morgan fingerprint density at radius 2 is 1.73 bits per heavy atom. The van der Waals surface area contributed by atoms with Crippen LogP contribution in [0.15, 0.2) is 72.9 Å². The van der Waals surface area contributed by atoms with Gasteiger partial charge in [0, 0.05) is 12.1 Å². The number of aromatic hydroxyl groups is 1. The van der Waals surface area contributed by atoms with Gasteiger partial charge in [-0.2, -0.15) is 15.4 Å². The molecule has 3 fully saturated rings. The summed E-state index contributed by atoms with van der Waals surface area (Å²) in [4.78, 5) is 4.38. The van der Waals surface area contributed by atoms with Gasteiger partial charge in [0.2, 0.25) is 5.65 Å². The Morgan fingerprint density at radius 1 is 0.927 bits per heavy atom. The molecule has 8 nitrogen and oxygen atoms in total. The fourth-order valence-corrected chi connectivity index (χ4v) is 7.64. The lowest BCUT2D eigenvalue weighted by Crippen LogP contribution is -2.44. The third-order valence-electron chi connectivity index (χ3n) is 9.98. The fraction of sp³-hybridized carbons (Fsp3) is 0.394. The molecule has 4 N–H and O–H groups in total. The van der Waals surface area contributed by atoms with Crippen LogP contribution in [0, 0.1) is 5.41 Å². The van der Waals surface area contributed by atoms with Crippen LogP contribution in [-0.4, -0.2) is 35.3 Å². The van der Waals surface area contributed by atoms with Crippen molar-refractivity contribution in [3.8, 4) is 5.75 Å². The van der Waals surface area contributed by atoms with E-state index in [1.807, 2.05) is 29.1 Å². The molecule has 5 aromatic rings. The second-order valence-corrected chi connectivity index (χ2v) is 12.3. The highest BCUT2D eigenvalue weighted by molar-refractivity contribution is 5.76. The van der Waals surface area contributed by atoms with Gasteiger partial charge in [0.15, 0.2) is 0 Å². The van der Waals surface area contributed by atoms with Gasteiger partial charge in [-0.3, -0.25) is 4.68 Å². The van der Waals surface area contributed by atoms with Crippen LogP contribution in [0.1, 0.15) is 86.1 Å². The SMILES string of the molecule is Nc1cc(C(CCCC23CCC(c4ccccc4)(CC2)CC3)c2ccn(Cc3cccc(O)c3)n2)c2n[nH]nc2n1. The van der Waals surface area contributed by atoms with Crippen LogP contribution in [0.5, 0.6) is 5.75 Å². The molecule has 8 heteroatoms. The van der Waals surface area contributed by atoms with E-state index in [9.17, 15) is 5.11 Å². The van der Waals surface area contributed by atoms with Crippen molar-refractivity contribution in [2.75, 3.05) is 5.73 Å². The largest absolute Gasteiger partial charge is 0.508 e. The highest BCUT2D eigenvalue weighted by Crippen LogP contribution is 2.59. The Bertz CT molecular complexity index is 1630. The lowest BCUT2D eigenvalue weighted by atomic mass is 9.51. The van der Waals surface area contributed by atoms with Crippen LogP contribution >= 0.6 is 0 Å². The third-order valence-corrected chi connectivity index (χ3v) is 9.98. The van der Waals surface area contributed by atoms with Crippen molar-refractivity contribution >= 4 is 17.0 Å². The second-order valence-electron chi connectivity index (χ2n) is 12.3. The van der Waals surface area contributed by atoms with Crippen molar-refractivity contribution in [3.05, 3.63) is 95.3 Å². The number of fused-ring (bicyclic) bond motifs is 4. The zero-order chi connectivity index (χ0) is 27.9. The van der Waals surface area contributed by atoms with E-state index in [-0.39, 0.29) is 11.7 Å². The van der Waals surface area contributed by atoms with E-state index in [4.69, 9.17) is 10.8 Å². The maximum atomic E-state index is 9.90. The highest BCUT2D eigenvalue weighted by Gasteiger charge is 2.48. The van der Waals surface area contributed by atoms with Crippen LogP contribution in [0.2, 0.25) is 0 Å². The molecule has 8 rings (SSSR count). The number of benzene rings is 2. The van der Waals surface area contributed by atoms with Crippen LogP contribution in [0.3, 0.4) is 0 Å². The molecule has 1 atom stereocenters. The first-order chi connectivity index (χ1) is 20.0. The fourth-order valence-electron chi connectivity index (χ4n) is 7.64. The summed E-state index contributed by atoms with van der Waals surface area (Å²) < 4.78 is 1.94. The molecule has 210 valence electrons. The van der Waals surface area contributed by atoms with E-state index in [1.165, 1.54) is 44.9 Å². The van der Waals surface area contributed by atoms with Crippen LogP contribution in [0.25, 0.3) is 11.2 Å². The molecule has 0 amide bonds. The number of pyridine rings is 1. The van der Waals surface area contributed by atoms with Crippen LogP contribution in [-0.2, 0) is 12.0 Å². The molecule has 3 aliphatic carbocycles. The van der Waals surface area contributed by atoms with E-state index in [0.29, 0.717) is 28.8 Å². The van der Waals surface area contributed by atoms with E-state index >= 15 is 0 Å². The smallest absolute Gasteiger partial charge is 0.203 e. The first-order valence-electron chi connectivity index (χ1n) is 14.8. The summed E-state index contributed by atoms with van der Waals surface area (Å²) in [7, 11) is 0. The number of H-pyrrole nitrogens is 1. The van der Waals surface area contributed by atoms with Gasteiger partial charge >= 0.3 is 0 Å². The number of aromatic nitrogens is 6. The number of aromatic amines is 1. The molecule has 3 saturated carbocycles. The standard InChI is InChI=1S/C33H37N7O/c34-29-21-27(30-31(35-29)37-39-36-30)26(28-11-19-40(38-28)22-23-6-4-9-25(41)20-23)10-5-12-32-13-16-33(17-14-32,18-15-32)24-7-2-1-3-8-24/h1-4,6-9,11,19-21,26,41H,5,10,12-18,22H2,(H3,34,35,36,37,39). The molecular formula is C33H37N7O. The van der Waals surface area contributed by atoms with Crippen molar-refractivity contribution in [2.45, 2.75) is 75.7 Å². The normalized spacial score (nSPS) is 22.7. The summed E-state index contributed by atoms with van der Waals surface area (Å²) >= 11 is 0. The summed E-state index contributed by atoms with van der Waals surface area (Å²) in [5.74, 6) is 0.741. The Labute approximate surface area is 240 Å². The number of nitrogens with two attached hydrogens (primary N) is 1. The van der Waals surface area contributed by atoms with Crippen molar-refractivity contribution in [1.82, 2.24) is 30.2 Å². The Kier molecular flexibility index (Phi) is 6.48. The van der Waals surface area contributed by atoms with Crippen molar-refractivity contribution in [3.63, 3.8) is 0 Å². The first-order valence-corrected chi connectivity index (χ1v) is 14.8. The molecular weight excluding hydrogens is 510 g/mol. The Balaban J connectivity index is 1.11. The summed E-state index contributed by atoms with van der Waals surface area (Å²) in [6, 6.07) is 22.6. The predicted molar refractivity (Wildman–Crippen MR) is 159 cm³/mol. The lowest BCUT2D eigenvalue weighted by molar-refractivity contribution is 0.0303. The quantitative estimate of drug-likeness (QED) is 0.194. The molecule has 2 aromatic carbocycles. The average molecular weight is 548 g/mol. The number of hydrogen-bond acceptors (Lipinski definition) is 6. The molecule has 3 aliphatic rings. The number of nitrogens with zero attached hydrogens (tertiary/aromatic N) is 5. The monoisotopic (exact) mass is 547 g/mol. The van der Waals surface area contributed by atoms with Gasteiger partial charge in [-0.15, -0.1) is 5.10 Å². The zero-order valence-corrected chi connectivity index (χ0v) is 23.3. The maximum absolute atomic E-state index is 9.90. The summed E-state index contributed by atoms with van der Waals surface area (Å²) in [6.45, 7) is 0.589. The number of nitrogens with one attached hydrogen (secondary N) is 1. The third kappa shape index (κ3) is 4.96. The maximum Gasteiger partial charge on any atom is 0.203 e. The highest BCUT2D eigenvalue weighted by atomic mass is 16.3. The van der Waals surface area contributed by atoms with Crippen molar-refractivity contribution in [1.29, 1.82) is 0 Å². The zero-order valence-electron chi connectivity index (χ0n) is 23.3. The summed E-state index contributed by atoms with van der Waals surface area (Å²) in [6.07, 6.45) is 13.2. The minimum atomic E-state index is 0.0327. The molecule has 41 heavy (non-hydrogen) atoms. The Morgan fingerprint density at radius 3 is 2.51 bits per heavy atom. The van der Waals surface area contributed by atoms with Crippen LogP contribution < -0.4 is 5.73 Å².